The van der Waals surface area contributed by atoms with Crippen molar-refractivity contribution in [2.24, 2.45) is 23.2 Å². The molecule has 4 heteroatoms. The van der Waals surface area contributed by atoms with E-state index in [9.17, 15) is 9.59 Å². The van der Waals surface area contributed by atoms with Crippen LogP contribution in [0.25, 0.3) is 0 Å². The van der Waals surface area contributed by atoms with Gasteiger partial charge in [-0.25, -0.2) is 0 Å². The van der Waals surface area contributed by atoms with Gasteiger partial charge in [0.05, 0.1) is 6.54 Å². The summed E-state index contributed by atoms with van der Waals surface area (Å²) in [6, 6.07) is -0.144. The van der Waals surface area contributed by atoms with Gasteiger partial charge < -0.3 is 10.2 Å². The van der Waals surface area contributed by atoms with Crippen molar-refractivity contribution >= 4 is 11.8 Å². The first-order valence-corrected chi connectivity index (χ1v) is 8.57. The molecule has 4 nitrogen and oxygen atoms in total. The van der Waals surface area contributed by atoms with Crippen LogP contribution in [0.15, 0.2) is 0 Å². The van der Waals surface area contributed by atoms with E-state index in [1.54, 1.807) is 6.92 Å². The van der Waals surface area contributed by atoms with Crippen LogP contribution in [0.4, 0.5) is 0 Å². The van der Waals surface area contributed by atoms with Gasteiger partial charge in [0.15, 0.2) is 0 Å². The molecule has 5 rings (SSSR count). The van der Waals surface area contributed by atoms with Gasteiger partial charge in [-0.2, -0.15) is 0 Å². The van der Waals surface area contributed by atoms with Gasteiger partial charge in [0, 0.05) is 6.04 Å². The fraction of sp³-hybridized carbons (Fsp3) is 0.882. The molecule has 0 radical (unpaired) electrons. The molecule has 1 saturated heterocycles. The molecule has 0 aromatic rings. The Morgan fingerprint density at radius 1 is 1.10 bits per heavy atom. The van der Waals surface area contributed by atoms with E-state index in [2.05, 4.69) is 12.2 Å². The summed E-state index contributed by atoms with van der Waals surface area (Å²) in [4.78, 5) is 26.3. The fourth-order valence-corrected chi connectivity index (χ4v) is 6.18. The van der Waals surface area contributed by atoms with E-state index >= 15 is 0 Å². The molecule has 5 fully saturated rings. The molecular formula is C17H26N2O2. The summed E-state index contributed by atoms with van der Waals surface area (Å²) in [5, 5.41) is 2.76. The van der Waals surface area contributed by atoms with Crippen LogP contribution in [0, 0.1) is 23.2 Å². The topological polar surface area (TPSA) is 49.4 Å². The second-order valence-electron chi connectivity index (χ2n) is 8.21. The van der Waals surface area contributed by atoms with Gasteiger partial charge >= 0.3 is 0 Å². The SMILES string of the molecule is CC1NC(=O)CN(C(C)C23CC4CC(CC(C4)C2)C3)C1=O. The second kappa shape index (κ2) is 4.47. The zero-order chi connectivity index (χ0) is 14.8. The third-order valence-corrected chi connectivity index (χ3v) is 6.78. The molecule has 2 unspecified atom stereocenters. The molecule has 4 bridgehead atoms. The van der Waals surface area contributed by atoms with E-state index in [4.69, 9.17) is 0 Å². The van der Waals surface area contributed by atoms with Gasteiger partial charge in [-0.3, -0.25) is 9.59 Å². The Morgan fingerprint density at radius 3 is 2.14 bits per heavy atom. The van der Waals surface area contributed by atoms with Crippen molar-refractivity contribution in [1.82, 2.24) is 10.2 Å². The molecule has 0 spiro atoms. The fourth-order valence-electron chi connectivity index (χ4n) is 6.18. The minimum absolute atomic E-state index is 0.00122. The number of piperazine rings is 1. The van der Waals surface area contributed by atoms with Gasteiger partial charge in [0.1, 0.15) is 6.04 Å². The number of hydrogen-bond acceptors (Lipinski definition) is 2. The molecule has 4 aliphatic carbocycles. The third-order valence-electron chi connectivity index (χ3n) is 6.78. The molecule has 21 heavy (non-hydrogen) atoms. The molecule has 1 aliphatic heterocycles. The van der Waals surface area contributed by atoms with Gasteiger partial charge in [0.2, 0.25) is 11.8 Å². The number of amides is 2. The van der Waals surface area contributed by atoms with E-state index in [0.717, 1.165) is 17.8 Å². The molecule has 5 aliphatic rings. The number of carbonyl (C=O) groups excluding carboxylic acids is 2. The molecule has 2 amide bonds. The highest BCUT2D eigenvalue weighted by atomic mass is 16.2. The van der Waals surface area contributed by atoms with Crippen molar-refractivity contribution in [1.29, 1.82) is 0 Å². The maximum atomic E-state index is 12.5. The summed E-state index contributed by atoms with van der Waals surface area (Å²) in [5.74, 6) is 2.75. The molecule has 1 N–H and O–H groups in total. The third kappa shape index (κ3) is 2.01. The van der Waals surface area contributed by atoms with Crippen molar-refractivity contribution in [3.8, 4) is 0 Å². The summed E-state index contributed by atoms with van der Waals surface area (Å²) in [7, 11) is 0. The van der Waals surface area contributed by atoms with Crippen LogP contribution >= 0.6 is 0 Å². The van der Waals surface area contributed by atoms with Crippen LogP contribution in [0.2, 0.25) is 0 Å². The van der Waals surface area contributed by atoms with Crippen molar-refractivity contribution in [3.05, 3.63) is 0 Å². The van der Waals surface area contributed by atoms with E-state index in [1.165, 1.54) is 38.5 Å². The van der Waals surface area contributed by atoms with Crippen molar-refractivity contribution < 1.29 is 9.59 Å². The minimum atomic E-state index is -0.359. The second-order valence-corrected chi connectivity index (χ2v) is 8.21. The van der Waals surface area contributed by atoms with Gasteiger partial charge in [0.25, 0.3) is 0 Å². The number of nitrogens with one attached hydrogen (secondary N) is 1. The van der Waals surface area contributed by atoms with E-state index < -0.39 is 0 Å². The maximum absolute atomic E-state index is 12.5. The summed E-state index contributed by atoms with van der Waals surface area (Å²) >= 11 is 0. The molecule has 0 aromatic carbocycles. The Kier molecular flexibility index (Phi) is 2.89. The normalized spacial score (nSPS) is 46.7. The van der Waals surface area contributed by atoms with E-state index in [-0.39, 0.29) is 30.4 Å². The van der Waals surface area contributed by atoms with Crippen LogP contribution in [0.5, 0.6) is 0 Å². The highest BCUT2D eigenvalue weighted by Crippen LogP contribution is 2.61. The summed E-state index contributed by atoms with van der Waals surface area (Å²) in [6.07, 6.45) is 8.07. The predicted octanol–water partition coefficient (Wildman–Crippen LogP) is 1.94. The van der Waals surface area contributed by atoms with Crippen LogP contribution in [-0.2, 0) is 9.59 Å². The molecular weight excluding hydrogens is 264 g/mol. The van der Waals surface area contributed by atoms with Crippen LogP contribution in [0.1, 0.15) is 52.4 Å². The Bertz CT molecular complexity index is 452. The first-order valence-electron chi connectivity index (χ1n) is 8.57. The van der Waals surface area contributed by atoms with Crippen molar-refractivity contribution in [3.63, 3.8) is 0 Å². The monoisotopic (exact) mass is 290 g/mol. The van der Waals surface area contributed by atoms with Crippen LogP contribution in [-0.4, -0.2) is 35.3 Å². The minimum Gasteiger partial charge on any atom is -0.343 e. The highest BCUT2D eigenvalue weighted by Gasteiger charge is 2.55. The lowest BCUT2D eigenvalue weighted by Crippen LogP contribution is -2.64. The lowest BCUT2D eigenvalue weighted by molar-refractivity contribution is -0.155. The van der Waals surface area contributed by atoms with E-state index in [1.807, 2.05) is 4.90 Å². The van der Waals surface area contributed by atoms with E-state index in [0.29, 0.717) is 5.41 Å². The van der Waals surface area contributed by atoms with Gasteiger partial charge in [-0.05, 0) is 75.5 Å². The summed E-state index contributed by atoms with van der Waals surface area (Å²) in [5.41, 5.74) is 0.293. The average molecular weight is 290 g/mol. The van der Waals surface area contributed by atoms with Crippen LogP contribution in [0.3, 0.4) is 0 Å². The molecule has 1 heterocycles. The highest BCUT2D eigenvalue weighted by molar-refractivity contribution is 5.94. The first-order chi connectivity index (χ1) is 9.97. The number of rotatable bonds is 2. The Hall–Kier alpha value is -1.06. The average Bonchev–Trinajstić information content (AvgIpc) is 2.40. The molecule has 0 aromatic heterocycles. The number of carbonyl (C=O) groups is 2. The zero-order valence-corrected chi connectivity index (χ0v) is 13.1. The number of hydrogen-bond donors (Lipinski definition) is 1. The lowest BCUT2D eigenvalue weighted by atomic mass is 9.47. The summed E-state index contributed by atoms with van der Waals surface area (Å²) < 4.78 is 0. The number of nitrogens with zero attached hydrogens (tertiary/aromatic N) is 1. The molecule has 116 valence electrons. The van der Waals surface area contributed by atoms with Gasteiger partial charge in [-0.15, -0.1) is 0 Å². The Morgan fingerprint density at radius 2 is 1.62 bits per heavy atom. The Balaban J connectivity index is 1.60. The summed E-state index contributed by atoms with van der Waals surface area (Å²) in [6.45, 7) is 4.27. The van der Waals surface area contributed by atoms with Crippen molar-refractivity contribution in [2.45, 2.75) is 64.5 Å². The van der Waals surface area contributed by atoms with Crippen molar-refractivity contribution in [2.75, 3.05) is 6.54 Å². The lowest BCUT2D eigenvalue weighted by Gasteiger charge is -2.60. The molecule has 4 saturated carbocycles. The Labute approximate surface area is 126 Å². The predicted molar refractivity (Wildman–Crippen MR) is 79.4 cm³/mol. The zero-order valence-electron chi connectivity index (χ0n) is 13.1. The quantitative estimate of drug-likeness (QED) is 0.845. The van der Waals surface area contributed by atoms with Crippen LogP contribution < -0.4 is 5.32 Å². The molecule has 2 atom stereocenters. The van der Waals surface area contributed by atoms with Gasteiger partial charge in [-0.1, -0.05) is 0 Å². The largest absolute Gasteiger partial charge is 0.343 e. The first kappa shape index (κ1) is 13.6. The maximum Gasteiger partial charge on any atom is 0.245 e. The smallest absolute Gasteiger partial charge is 0.245 e. The standard InChI is InChI=1S/C17H26N2O2/c1-10-16(21)19(9-15(20)18-10)11(2)17-6-12-3-13(7-17)5-14(4-12)8-17/h10-14H,3-9H2,1-2H3,(H,18,20).